The molecule has 1 fully saturated rings. The summed E-state index contributed by atoms with van der Waals surface area (Å²) in [5.74, 6) is 1.29. The summed E-state index contributed by atoms with van der Waals surface area (Å²) in [7, 11) is 4.80. The highest BCUT2D eigenvalue weighted by molar-refractivity contribution is 5.80. The van der Waals surface area contributed by atoms with Gasteiger partial charge in [-0.3, -0.25) is 9.79 Å². The number of hydrogen-bond acceptors (Lipinski definition) is 5. The predicted molar refractivity (Wildman–Crippen MR) is 87.3 cm³/mol. The molecule has 1 N–H and O–H groups in total. The Morgan fingerprint density at radius 3 is 2.74 bits per heavy atom. The summed E-state index contributed by atoms with van der Waals surface area (Å²) in [5, 5.41) is 3.31. The Bertz CT molecular complexity index is 554. The second kappa shape index (κ2) is 8.36. The Labute approximate surface area is 136 Å². The highest BCUT2D eigenvalue weighted by atomic mass is 16.5. The standard InChI is InChI=1S/C16H24N4O3/c1-17-16(18-11-13-5-4-6-14(19-13)22-2)20-9-7-12(8-10-20)15(21)23-3/h4-6,12H,7-11H2,1-3H3,(H,17,18). The first kappa shape index (κ1) is 17.1. The van der Waals surface area contributed by atoms with E-state index in [1.54, 1.807) is 14.2 Å². The van der Waals surface area contributed by atoms with Crippen LogP contribution in [-0.4, -0.2) is 56.2 Å². The molecule has 0 radical (unpaired) electrons. The quantitative estimate of drug-likeness (QED) is 0.508. The molecule has 0 saturated carbocycles. The predicted octanol–water partition coefficient (Wildman–Crippen LogP) is 1.05. The van der Waals surface area contributed by atoms with Crippen molar-refractivity contribution in [3.05, 3.63) is 23.9 Å². The third-order valence-electron chi connectivity index (χ3n) is 3.96. The lowest BCUT2D eigenvalue weighted by Gasteiger charge is -2.33. The monoisotopic (exact) mass is 320 g/mol. The maximum Gasteiger partial charge on any atom is 0.308 e. The number of carbonyl (C=O) groups excluding carboxylic acids is 1. The molecule has 126 valence electrons. The van der Waals surface area contributed by atoms with Gasteiger partial charge in [-0.2, -0.15) is 0 Å². The molecule has 2 heterocycles. The summed E-state index contributed by atoms with van der Waals surface area (Å²) in [6.45, 7) is 2.14. The van der Waals surface area contributed by atoms with E-state index in [9.17, 15) is 4.79 Å². The van der Waals surface area contributed by atoms with E-state index in [1.165, 1.54) is 7.11 Å². The van der Waals surface area contributed by atoms with Crippen LogP contribution in [0.3, 0.4) is 0 Å². The van der Waals surface area contributed by atoms with Gasteiger partial charge in [-0.05, 0) is 18.9 Å². The number of hydrogen-bond donors (Lipinski definition) is 1. The molecule has 1 aromatic rings. The van der Waals surface area contributed by atoms with Crippen LogP contribution in [0.2, 0.25) is 0 Å². The number of nitrogens with zero attached hydrogens (tertiary/aromatic N) is 3. The molecule has 0 amide bonds. The molecule has 1 aliphatic rings. The van der Waals surface area contributed by atoms with Crippen LogP contribution < -0.4 is 10.1 Å². The summed E-state index contributed by atoms with van der Waals surface area (Å²) in [6.07, 6.45) is 1.57. The minimum Gasteiger partial charge on any atom is -0.481 e. The number of rotatable bonds is 4. The lowest BCUT2D eigenvalue weighted by Crippen LogP contribution is -2.46. The molecular weight excluding hydrogens is 296 g/mol. The van der Waals surface area contributed by atoms with Gasteiger partial charge in [0.05, 0.1) is 32.4 Å². The Kier molecular flexibility index (Phi) is 6.19. The van der Waals surface area contributed by atoms with Crippen molar-refractivity contribution in [2.45, 2.75) is 19.4 Å². The van der Waals surface area contributed by atoms with Crippen LogP contribution >= 0.6 is 0 Å². The summed E-state index contributed by atoms with van der Waals surface area (Å²) in [4.78, 5) is 22.4. The Morgan fingerprint density at radius 2 is 2.13 bits per heavy atom. The van der Waals surface area contributed by atoms with E-state index in [2.05, 4.69) is 20.2 Å². The zero-order chi connectivity index (χ0) is 16.7. The van der Waals surface area contributed by atoms with E-state index in [0.29, 0.717) is 12.4 Å². The van der Waals surface area contributed by atoms with Crippen LogP contribution in [0.4, 0.5) is 0 Å². The molecule has 7 nitrogen and oxygen atoms in total. The van der Waals surface area contributed by atoms with Gasteiger partial charge in [-0.1, -0.05) is 6.07 Å². The highest BCUT2D eigenvalue weighted by Crippen LogP contribution is 2.18. The highest BCUT2D eigenvalue weighted by Gasteiger charge is 2.26. The number of ether oxygens (including phenoxy) is 2. The normalized spacial score (nSPS) is 16.1. The molecule has 7 heteroatoms. The van der Waals surface area contributed by atoms with Crippen LogP contribution in [0, 0.1) is 5.92 Å². The van der Waals surface area contributed by atoms with Crippen molar-refractivity contribution in [2.75, 3.05) is 34.4 Å². The number of pyridine rings is 1. The van der Waals surface area contributed by atoms with E-state index in [1.807, 2.05) is 18.2 Å². The largest absolute Gasteiger partial charge is 0.481 e. The molecule has 23 heavy (non-hydrogen) atoms. The van der Waals surface area contributed by atoms with E-state index in [-0.39, 0.29) is 11.9 Å². The van der Waals surface area contributed by atoms with E-state index in [4.69, 9.17) is 9.47 Å². The first-order valence-corrected chi connectivity index (χ1v) is 7.71. The molecule has 1 saturated heterocycles. The van der Waals surface area contributed by atoms with Gasteiger partial charge < -0.3 is 19.7 Å². The second-order valence-corrected chi connectivity index (χ2v) is 5.36. The van der Waals surface area contributed by atoms with Gasteiger partial charge in [0.1, 0.15) is 0 Å². The number of aliphatic imine (C=N–C) groups is 1. The fraction of sp³-hybridized carbons (Fsp3) is 0.562. The zero-order valence-corrected chi connectivity index (χ0v) is 13.9. The number of guanidine groups is 1. The van der Waals surface area contributed by atoms with Gasteiger partial charge >= 0.3 is 5.97 Å². The van der Waals surface area contributed by atoms with Crippen molar-refractivity contribution in [1.29, 1.82) is 0 Å². The minimum absolute atomic E-state index is 0.00518. The smallest absolute Gasteiger partial charge is 0.308 e. The first-order valence-electron chi connectivity index (χ1n) is 7.71. The van der Waals surface area contributed by atoms with Gasteiger partial charge in [0.15, 0.2) is 5.96 Å². The van der Waals surface area contributed by atoms with Crippen LogP contribution in [0.1, 0.15) is 18.5 Å². The van der Waals surface area contributed by atoms with Crippen molar-refractivity contribution in [1.82, 2.24) is 15.2 Å². The average molecular weight is 320 g/mol. The summed E-state index contributed by atoms with van der Waals surface area (Å²) < 4.78 is 9.94. The lowest BCUT2D eigenvalue weighted by molar-refractivity contribution is -0.146. The van der Waals surface area contributed by atoms with Gasteiger partial charge in [-0.15, -0.1) is 0 Å². The number of carbonyl (C=O) groups is 1. The number of esters is 1. The van der Waals surface area contributed by atoms with Crippen molar-refractivity contribution < 1.29 is 14.3 Å². The number of aromatic nitrogens is 1. The van der Waals surface area contributed by atoms with E-state index >= 15 is 0 Å². The molecule has 0 bridgehead atoms. The topological polar surface area (TPSA) is 76.1 Å². The first-order chi connectivity index (χ1) is 11.2. The van der Waals surface area contributed by atoms with Crippen LogP contribution in [-0.2, 0) is 16.1 Å². The van der Waals surface area contributed by atoms with Crippen molar-refractivity contribution in [3.8, 4) is 5.88 Å². The molecule has 0 unspecified atom stereocenters. The molecule has 1 aromatic heterocycles. The van der Waals surface area contributed by atoms with Gasteiger partial charge in [-0.25, -0.2) is 4.98 Å². The fourth-order valence-electron chi connectivity index (χ4n) is 2.67. The number of piperidine rings is 1. The lowest BCUT2D eigenvalue weighted by atomic mass is 9.97. The number of nitrogens with one attached hydrogen (secondary N) is 1. The summed E-state index contributed by atoms with van der Waals surface area (Å²) >= 11 is 0. The van der Waals surface area contributed by atoms with Gasteiger partial charge in [0.2, 0.25) is 5.88 Å². The molecule has 2 rings (SSSR count). The molecule has 0 spiro atoms. The van der Waals surface area contributed by atoms with Gasteiger partial charge in [0.25, 0.3) is 0 Å². The van der Waals surface area contributed by atoms with Crippen LogP contribution in [0.5, 0.6) is 5.88 Å². The number of likely N-dealkylation sites (tertiary alicyclic amines) is 1. The SMILES string of the molecule is CN=C(NCc1cccc(OC)n1)N1CCC(C(=O)OC)CC1. The van der Waals surface area contributed by atoms with E-state index in [0.717, 1.165) is 37.6 Å². The average Bonchev–Trinajstić information content (AvgIpc) is 2.62. The van der Waals surface area contributed by atoms with E-state index < -0.39 is 0 Å². The number of methoxy groups -OCH3 is 2. The molecule has 1 aliphatic heterocycles. The third-order valence-corrected chi connectivity index (χ3v) is 3.96. The second-order valence-electron chi connectivity index (χ2n) is 5.36. The van der Waals surface area contributed by atoms with Crippen LogP contribution in [0.15, 0.2) is 23.2 Å². The molecule has 0 aromatic carbocycles. The Hall–Kier alpha value is -2.31. The molecule has 0 atom stereocenters. The van der Waals surface area contributed by atoms with Crippen molar-refractivity contribution >= 4 is 11.9 Å². The zero-order valence-electron chi connectivity index (χ0n) is 13.9. The van der Waals surface area contributed by atoms with Crippen molar-refractivity contribution in [3.63, 3.8) is 0 Å². The maximum absolute atomic E-state index is 11.6. The Balaban J connectivity index is 1.87. The molecule has 0 aliphatic carbocycles. The van der Waals surface area contributed by atoms with Crippen LogP contribution in [0.25, 0.3) is 0 Å². The minimum atomic E-state index is -0.117. The van der Waals surface area contributed by atoms with Gasteiger partial charge in [0, 0.05) is 26.2 Å². The third kappa shape index (κ3) is 4.58. The van der Waals surface area contributed by atoms with Crippen molar-refractivity contribution in [2.24, 2.45) is 10.9 Å². The Morgan fingerprint density at radius 1 is 1.39 bits per heavy atom. The summed E-state index contributed by atoms with van der Waals surface area (Å²) in [6, 6.07) is 5.66. The maximum atomic E-state index is 11.6. The summed E-state index contributed by atoms with van der Waals surface area (Å²) in [5.41, 5.74) is 0.884. The molecular formula is C16H24N4O3. The fourth-order valence-corrected chi connectivity index (χ4v) is 2.67.